The first-order valence-electron chi connectivity index (χ1n) is 14.7. The van der Waals surface area contributed by atoms with Crippen LogP contribution in [0.2, 0.25) is 0 Å². The van der Waals surface area contributed by atoms with Gasteiger partial charge in [0.1, 0.15) is 12.4 Å². The average molecular weight is 587 g/mol. The third kappa shape index (κ3) is 5.65. The topological polar surface area (TPSA) is 119 Å². The van der Waals surface area contributed by atoms with Gasteiger partial charge >= 0.3 is 5.97 Å². The highest BCUT2D eigenvalue weighted by Crippen LogP contribution is 2.28. The molecule has 1 atom stereocenters. The highest BCUT2D eigenvalue weighted by molar-refractivity contribution is 5.92. The van der Waals surface area contributed by atoms with Gasteiger partial charge in [-0.2, -0.15) is 5.26 Å². The van der Waals surface area contributed by atoms with E-state index >= 15 is 0 Å². The molecule has 9 nitrogen and oxygen atoms in total. The molecule has 44 heavy (non-hydrogen) atoms. The van der Waals surface area contributed by atoms with Crippen LogP contribution in [0.15, 0.2) is 72.8 Å². The van der Waals surface area contributed by atoms with Crippen molar-refractivity contribution in [3.05, 3.63) is 112 Å². The molecular formula is C35H30N4O5. The van der Waals surface area contributed by atoms with Crippen LogP contribution in [0.25, 0.3) is 22.3 Å². The number of nitrogens with zero attached hydrogens (tertiary/aromatic N) is 4. The van der Waals surface area contributed by atoms with Gasteiger partial charge in [-0.3, -0.25) is 0 Å². The van der Waals surface area contributed by atoms with E-state index in [4.69, 9.17) is 24.2 Å². The molecule has 9 heteroatoms. The van der Waals surface area contributed by atoms with Crippen LogP contribution in [0.3, 0.4) is 0 Å². The maximum absolute atomic E-state index is 11.7. The van der Waals surface area contributed by atoms with Crippen molar-refractivity contribution in [2.45, 2.75) is 45.1 Å². The van der Waals surface area contributed by atoms with E-state index in [2.05, 4.69) is 28.8 Å². The Kier molecular flexibility index (Phi) is 7.52. The van der Waals surface area contributed by atoms with E-state index in [1.807, 2.05) is 36.4 Å². The van der Waals surface area contributed by atoms with Gasteiger partial charge in [-0.15, -0.1) is 0 Å². The third-order valence-electron chi connectivity index (χ3n) is 8.28. The van der Waals surface area contributed by atoms with Gasteiger partial charge in [0.25, 0.3) is 0 Å². The number of hydrogen-bond acceptors (Lipinski definition) is 7. The minimum Gasteiger partial charge on any atom is -0.478 e. The summed E-state index contributed by atoms with van der Waals surface area (Å²) in [5.41, 5.74) is 8.08. The van der Waals surface area contributed by atoms with Crippen molar-refractivity contribution >= 4 is 17.0 Å². The molecule has 6 bridgehead atoms. The number of rotatable bonds is 5. The third-order valence-corrected chi connectivity index (χ3v) is 8.28. The quantitative estimate of drug-likeness (QED) is 0.279. The molecule has 0 amide bonds. The Hall–Kier alpha value is -5.04. The molecule has 2 aliphatic rings. The van der Waals surface area contributed by atoms with E-state index in [0.717, 1.165) is 63.4 Å². The molecule has 7 rings (SSSR count). The zero-order valence-corrected chi connectivity index (χ0v) is 24.0. The molecule has 5 aromatic rings. The van der Waals surface area contributed by atoms with Gasteiger partial charge in [0.2, 0.25) is 5.88 Å². The van der Waals surface area contributed by atoms with E-state index in [-0.39, 0.29) is 11.7 Å². The Morgan fingerprint density at radius 3 is 2.73 bits per heavy atom. The Morgan fingerprint density at radius 2 is 1.91 bits per heavy atom. The second-order valence-corrected chi connectivity index (χ2v) is 11.1. The Bertz CT molecular complexity index is 1920. The van der Waals surface area contributed by atoms with Crippen molar-refractivity contribution in [3.63, 3.8) is 0 Å². The molecule has 0 saturated carbocycles. The van der Waals surface area contributed by atoms with Crippen LogP contribution in [-0.4, -0.2) is 44.9 Å². The molecular weight excluding hydrogens is 556 g/mol. The predicted molar refractivity (Wildman–Crippen MR) is 162 cm³/mol. The second-order valence-electron chi connectivity index (χ2n) is 11.1. The summed E-state index contributed by atoms with van der Waals surface area (Å²) in [5, 5.41) is 19.3. The van der Waals surface area contributed by atoms with Gasteiger partial charge in [-0.1, -0.05) is 30.3 Å². The maximum atomic E-state index is 11.7. The molecule has 220 valence electrons. The van der Waals surface area contributed by atoms with E-state index < -0.39 is 5.97 Å². The second kappa shape index (κ2) is 11.9. The lowest BCUT2D eigenvalue weighted by atomic mass is 9.99. The fourth-order valence-electron chi connectivity index (χ4n) is 5.77. The fraction of sp³-hybridized carbons (Fsp3) is 0.257. The summed E-state index contributed by atoms with van der Waals surface area (Å²) in [6.45, 7) is 2.51. The summed E-state index contributed by atoms with van der Waals surface area (Å²) in [6.07, 6.45) is 2.16. The molecule has 4 heterocycles. The highest BCUT2D eigenvalue weighted by atomic mass is 16.5. The summed E-state index contributed by atoms with van der Waals surface area (Å²) >= 11 is 0. The summed E-state index contributed by atoms with van der Waals surface area (Å²) in [5.74, 6) is 0.392. The Balaban J connectivity index is 1.26. The molecule has 0 aliphatic carbocycles. The largest absolute Gasteiger partial charge is 0.478 e. The van der Waals surface area contributed by atoms with Crippen molar-refractivity contribution in [2.75, 3.05) is 13.2 Å². The number of ether oxygens (including phenoxy) is 3. The van der Waals surface area contributed by atoms with Gasteiger partial charge in [0, 0.05) is 24.7 Å². The summed E-state index contributed by atoms with van der Waals surface area (Å²) in [6, 6.07) is 25.1. The molecule has 1 fully saturated rings. The van der Waals surface area contributed by atoms with Crippen LogP contribution < -0.4 is 4.74 Å². The number of benzene rings is 3. The number of carboxylic acid groups (broad SMARTS) is 1. The smallest absolute Gasteiger partial charge is 0.335 e. The van der Waals surface area contributed by atoms with Crippen molar-refractivity contribution in [1.29, 1.82) is 5.26 Å². The molecule has 1 saturated heterocycles. The SMILES string of the molecule is N#Cc1ccc2cc1CCOCc1cc(ccc1Cc1nc3ccc(C(=O)O)cc3n1C[C@@H]1CCO1)-c1cccc(n1)OC2. The van der Waals surface area contributed by atoms with Crippen LogP contribution in [-0.2, 0) is 42.1 Å². The number of imidazole rings is 1. The summed E-state index contributed by atoms with van der Waals surface area (Å²) in [4.78, 5) is 21.4. The molecule has 0 radical (unpaired) electrons. The van der Waals surface area contributed by atoms with E-state index in [1.54, 1.807) is 18.2 Å². The minimum absolute atomic E-state index is 0.0739. The lowest BCUT2D eigenvalue weighted by Gasteiger charge is -2.27. The Labute approximate surface area is 254 Å². The van der Waals surface area contributed by atoms with Gasteiger partial charge in [-0.05, 0) is 71.5 Å². The standard InChI is InChI=1S/C35H30N4O5/c36-18-27-5-4-22-14-24(27)10-12-42-21-28-15-25(30-2-1-3-34(38-30)44-20-22)7-6-23(28)17-33-37-31-9-8-26(35(40)41)16-32(31)39(33)19-29-11-13-43-29/h1-9,14-16,29H,10-13,17,19-21H2,(H,40,41)/t29-/m0/s1. The molecule has 0 unspecified atom stereocenters. The predicted octanol–water partition coefficient (Wildman–Crippen LogP) is 5.70. The highest BCUT2D eigenvalue weighted by Gasteiger charge is 2.23. The lowest BCUT2D eigenvalue weighted by Crippen LogP contribution is -2.31. The van der Waals surface area contributed by atoms with Crippen LogP contribution in [0, 0.1) is 11.3 Å². The maximum Gasteiger partial charge on any atom is 0.335 e. The van der Waals surface area contributed by atoms with Crippen LogP contribution >= 0.6 is 0 Å². The number of aromatic nitrogens is 3. The number of pyridine rings is 1. The monoisotopic (exact) mass is 586 g/mol. The molecule has 1 N–H and O–H groups in total. The van der Waals surface area contributed by atoms with E-state index in [9.17, 15) is 15.2 Å². The number of carbonyl (C=O) groups is 1. The average Bonchev–Trinajstić information content (AvgIpc) is 3.36. The van der Waals surface area contributed by atoms with E-state index in [1.165, 1.54) is 0 Å². The van der Waals surface area contributed by atoms with Crippen molar-refractivity contribution in [2.24, 2.45) is 0 Å². The zero-order chi connectivity index (χ0) is 30.0. The Morgan fingerprint density at radius 1 is 1.00 bits per heavy atom. The van der Waals surface area contributed by atoms with E-state index in [0.29, 0.717) is 50.7 Å². The van der Waals surface area contributed by atoms with Crippen LogP contribution in [0.4, 0.5) is 0 Å². The van der Waals surface area contributed by atoms with Gasteiger partial charge in [0.15, 0.2) is 0 Å². The molecule has 2 aliphatic heterocycles. The van der Waals surface area contributed by atoms with Crippen LogP contribution in [0.5, 0.6) is 5.88 Å². The number of nitriles is 1. The first-order chi connectivity index (χ1) is 21.5. The summed E-state index contributed by atoms with van der Waals surface area (Å²) in [7, 11) is 0. The van der Waals surface area contributed by atoms with Gasteiger partial charge in [-0.25, -0.2) is 14.8 Å². The molecule has 2 aromatic heterocycles. The molecule has 3 aromatic carbocycles. The van der Waals surface area contributed by atoms with Crippen molar-refractivity contribution < 1.29 is 24.1 Å². The first-order valence-corrected chi connectivity index (χ1v) is 14.7. The number of aromatic carboxylic acids is 1. The fourth-order valence-corrected chi connectivity index (χ4v) is 5.77. The van der Waals surface area contributed by atoms with Gasteiger partial charge < -0.3 is 23.9 Å². The normalized spacial score (nSPS) is 16.2. The first kappa shape index (κ1) is 27.8. The van der Waals surface area contributed by atoms with Crippen LogP contribution in [0.1, 0.15) is 50.4 Å². The van der Waals surface area contributed by atoms with Crippen molar-refractivity contribution in [1.82, 2.24) is 14.5 Å². The zero-order valence-electron chi connectivity index (χ0n) is 24.0. The number of hydrogen-bond donors (Lipinski definition) is 1. The van der Waals surface area contributed by atoms with Crippen molar-refractivity contribution in [3.8, 4) is 23.2 Å². The number of fused-ring (bicyclic) bond motifs is 8. The number of carboxylic acids is 1. The summed E-state index contributed by atoms with van der Waals surface area (Å²) < 4.78 is 20.1. The van der Waals surface area contributed by atoms with Gasteiger partial charge in [0.05, 0.1) is 59.8 Å². The molecule has 0 spiro atoms. The lowest BCUT2D eigenvalue weighted by molar-refractivity contribution is -0.0589. The minimum atomic E-state index is -0.969.